The number of rotatable bonds is 3. The second-order valence-corrected chi connectivity index (χ2v) is 8.13. The lowest BCUT2D eigenvalue weighted by Gasteiger charge is -2.36. The molecule has 5 heterocycles. The fraction of sp³-hybridized carbons (Fsp3) is 0.476. The van der Waals surface area contributed by atoms with E-state index in [4.69, 9.17) is 9.40 Å². The molecule has 146 valence electrons. The topological polar surface area (TPSA) is 76.2 Å². The summed E-state index contributed by atoms with van der Waals surface area (Å²) in [5.74, 6) is 0.595. The van der Waals surface area contributed by atoms with Crippen LogP contribution in [0.4, 0.5) is 0 Å². The molecule has 1 amide bonds. The first-order chi connectivity index (χ1) is 13.5. The van der Waals surface area contributed by atoms with Gasteiger partial charge in [-0.2, -0.15) is 5.10 Å². The van der Waals surface area contributed by atoms with E-state index in [0.717, 1.165) is 23.9 Å². The highest BCUT2D eigenvalue weighted by Crippen LogP contribution is 2.34. The maximum atomic E-state index is 13.3. The number of nitrogens with one attached hydrogen (secondary N) is 1. The third kappa shape index (κ3) is 2.73. The van der Waals surface area contributed by atoms with Crippen LogP contribution in [0.25, 0.3) is 22.5 Å². The molecule has 3 aromatic rings. The number of carbonyl (C=O) groups is 1. The fourth-order valence-corrected chi connectivity index (χ4v) is 4.97. The van der Waals surface area contributed by atoms with Crippen LogP contribution in [0.5, 0.6) is 0 Å². The molecule has 0 radical (unpaired) electrons. The zero-order valence-corrected chi connectivity index (χ0v) is 16.5. The minimum absolute atomic E-state index is 0.0507. The minimum Gasteiger partial charge on any atom is -0.463 e. The average molecular weight is 379 g/mol. The summed E-state index contributed by atoms with van der Waals surface area (Å²) in [5, 5.41) is 8.59. The van der Waals surface area contributed by atoms with Gasteiger partial charge in [0, 0.05) is 25.2 Å². The van der Waals surface area contributed by atoms with Crippen molar-refractivity contribution in [3.63, 3.8) is 0 Å². The van der Waals surface area contributed by atoms with Crippen molar-refractivity contribution in [2.24, 2.45) is 7.05 Å². The first-order valence-corrected chi connectivity index (χ1v) is 9.92. The number of carbonyl (C=O) groups excluding carboxylic acids is 1. The van der Waals surface area contributed by atoms with Crippen LogP contribution >= 0.6 is 0 Å². The number of aryl methyl sites for hydroxylation is 2. The first-order valence-electron chi connectivity index (χ1n) is 9.92. The van der Waals surface area contributed by atoms with Gasteiger partial charge >= 0.3 is 0 Å². The van der Waals surface area contributed by atoms with Gasteiger partial charge < -0.3 is 14.6 Å². The van der Waals surface area contributed by atoms with E-state index in [1.807, 2.05) is 32.2 Å². The number of nitrogens with zero attached hydrogens (tertiary/aromatic N) is 4. The maximum absolute atomic E-state index is 13.3. The van der Waals surface area contributed by atoms with Gasteiger partial charge in [-0.1, -0.05) is 0 Å². The molecule has 28 heavy (non-hydrogen) atoms. The molecule has 3 atom stereocenters. The molecule has 2 fully saturated rings. The van der Waals surface area contributed by atoms with Crippen molar-refractivity contribution in [2.75, 3.05) is 7.05 Å². The van der Waals surface area contributed by atoms with Crippen LogP contribution in [0.15, 0.2) is 28.9 Å². The predicted molar refractivity (Wildman–Crippen MR) is 106 cm³/mol. The van der Waals surface area contributed by atoms with E-state index in [1.54, 1.807) is 10.9 Å². The number of fused-ring (bicyclic) bond motifs is 3. The van der Waals surface area contributed by atoms with Crippen molar-refractivity contribution in [1.82, 2.24) is 25.0 Å². The standard InChI is InChI=1S/C21H25N5O2/c1-12-19-16(21(27)22-13-9-14-6-7-15(10-13)25(14)2)11-17(18-5-4-8-28-18)23-20(19)26(3)24-12/h4-5,8,11,13-15H,6-7,9-10H2,1-3H3,(H,22,27)/t13?,14-,15+. The highest BCUT2D eigenvalue weighted by molar-refractivity contribution is 6.07. The zero-order valence-electron chi connectivity index (χ0n) is 16.5. The number of hydrogen-bond donors (Lipinski definition) is 1. The van der Waals surface area contributed by atoms with Crippen LogP contribution < -0.4 is 5.32 Å². The largest absolute Gasteiger partial charge is 0.463 e. The van der Waals surface area contributed by atoms with Crippen LogP contribution in [-0.4, -0.2) is 50.7 Å². The molecule has 5 rings (SSSR count). The lowest BCUT2D eigenvalue weighted by atomic mass is 9.97. The summed E-state index contributed by atoms with van der Waals surface area (Å²) < 4.78 is 7.24. The van der Waals surface area contributed by atoms with Crippen LogP contribution in [0.2, 0.25) is 0 Å². The molecular formula is C21H25N5O2. The molecule has 0 aliphatic carbocycles. The van der Waals surface area contributed by atoms with Gasteiger partial charge in [-0.15, -0.1) is 0 Å². The molecule has 7 heteroatoms. The Morgan fingerprint density at radius 2 is 2.00 bits per heavy atom. The van der Waals surface area contributed by atoms with E-state index in [2.05, 4.69) is 22.4 Å². The minimum atomic E-state index is -0.0507. The van der Waals surface area contributed by atoms with Crippen LogP contribution in [0, 0.1) is 6.92 Å². The highest BCUT2D eigenvalue weighted by Gasteiger charge is 2.39. The van der Waals surface area contributed by atoms with E-state index in [-0.39, 0.29) is 11.9 Å². The smallest absolute Gasteiger partial charge is 0.252 e. The predicted octanol–water partition coefficient (Wildman–Crippen LogP) is 2.89. The van der Waals surface area contributed by atoms with Gasteiger partial charge in [0.25, 0.3) is 5.91 Å². The number of amides is 1. The Balaban J connectivity index is 1.51. The molecular weight excluding hydrogens is 354 g/mol. The normalized spacial score (nSPS) is 24.8. The Hall–Kier alpha value is -2.67. The Bertz CT molecular complexity index is 1020. The maximum Gasteiger partial charge on any atom is 0.252 e. The molecule has 2 saturated heterocycles. The van der Waals surface area contributed by atoms with E-state index >= 15 is 0 Å². The summed E-state index contributed by atoms with van der Waals surface area (Å²) in [4.78, 5) is 20.5. The molecule has 2 aliphatic rings. The van der Waals surface area contributed by atoms with Crippen LogP contribution in [0.3, 0.4) is 0 Å². The number of furan rings is 1. The van der Waals surface area contributed by atoms with Gasteiger partial charge in [0.15, 0.2) is 11.4 Å². The summed E-state index contributed by atoms with van der Waals surface area (Å²) in [5.41, 5.74) is 2.77. The number of pyridine rings is 1. The lowest BCUT2D eigenvalue weighted by Crippen LogP contribution is -2.48. The Morgan fingerprint density at radius 1 is 1.25 bits per heavy atom. The molecule has 1 unspecified atom stereocenters. The molecule has 2 aliphatic heterocycles. The van der Waals surface area contributed by atoms with Crippen molar-refractivity contribution < 1.29 is 9.21 Å². The van der Waals surface area contributed by atoms with Gasteiger partial charge in [-0.25, -0.2) is 4.98 Å². The van der Waals surface area contributed by atoms with E-state index in [9.17, 15) is 4.79 Å². The monoisotopic (exact) mass is 379 g/mol. The van der Waals surface area contributed by atoms with E-state index < -0.39 is 0 Å². The van der Waals surface area contributed by atoms with Gasteiger partial charge in [0.05, 0.1) is 22.9 Å². The second-order valence-electron chi connectivity index (χ2n) is 8.13. The fourth-order valence-electron chi connectivity index (χ4n) is 4.97. The van der Waals surface area contributed by atoms with Gasteiger partial charge in [-0.3, -0.25) is 9.48 Å². The second kappa shape index (κ2) is 6.44. The molecule has 7 nitrogen and oxygen atoms in total. The third-order valence-electron chi connectivity index (χ3n) is 6.42. The van der Waals surface area contributed by atoms with Crippen molar-refractivity contribution >= 4 is 16.9 Å². The molecule has 0 saturated carbocycles. The van der Waals surface area contributed by atoms with Crippen molar-refractivity contribution in [3.8, 4) is 11.5 Å². The molecule has 0 spiro atoms. The van der Waals surface area contributed by atoms with Gasteiger partial charge in [-0.05, 0) is 57.9 Å². The highest BCUT2D eigenvalue weighted by atomic mass is 16.3. The Labute approximate surface area is 163 Å². The van der Waals surface area contributed by atoms with Crippen molar-refractivity contribution in [2.45, 2.75) is 50.7 Å². The molecule has 1 N–H and O–H groups in total. The lowest BCUT2D eigenvalue weighted by molar-refractivity contribution is 0.0884. The van der Waals surface area contributed by atoms with Gasteiger partial charge in [0.2, 0.25) is 0 Å². The Kier molecular flexibility index (Phi) is 4.01. The zero-order chi connectivity index (χ0) is 19.4. The van der Waals surface area contributed by atoms with Gasteiger partial charge in [0.1, 0.15) is 5.69 Å². The molecule has 0 aromatic carbocycles. The number of hydrogen-bond acceptors (Lipinski definition) is 5. The van der Waals surface area contributed by atoms with E-state index in [0.29, 0.717) is 34.7 Å². The van der Waals surface area contributed by atoms with E-state index in [1.165, 1.54) is 12.8 Å². The van der Waals surface area contributed by atoms with Crippen molar-refractivity contribution in [3.05, 3.63) is 35.7 Å². The average Bonchev–Trinajstić information content (AvgIpc) is 3.34. The number of piperidine rings is 1. The summed E-state index contributed by atoms with van der Waals surface area (Å²) in [6.07, 6.45) is 6.12. The summed E-state index contributed by atoms with van der Waals surface area (Å²) in [6.45, 7) is 1.92. The summed E-state index contributed by atoms with van der Waals surface area (Å²) >= 11 is 0. The third-order valence-corrected chi connectivity index (χ3v) is 6.42. The quantitative estimate of drug-likeness (QED) is 0.757. The van der Waals surface area contributed by atoms with Crippen LogP contribution in [-0.2, 0) is 7.05 Å². The molecule has 3 aromatic heterocycles. The first kappa shape index (κ1) is 17.4. The molecule has 2 bridgehead atoms. The summed E-state index contributed by atoms with van der Waals surface area (Å²) in [7, 11) is 4.06. The SMILES string of the molecule is Cc1nn(C)c2nc(-c3ccco3)cc(C(=O)NC3C[C@H]4CC[C@@H](C3)N4C)c12. The van der Waals surface area contributed by atoms with Crippen molar-refractivity contribution in [1.29, 1.82) is 0 Å². The number of aromatic nitrogens is 3. The van der Waals surface area contributed by atoms with Crippen LogP contribution in [0.1, 0.15) is 41.7 Å². The Morgan fingerprint density at radius 3 is 2.68 bits per heavy atom. The summed E-state index contributed by atoms with van der Waals surface area (Å²) in [6, 6.07) is 6.89.